The van der Waals surface area contributed by atoms with Crippen molar-refractivity contribution in [3.05, 3.63) is 30.3 Å². The molecule has 1 fully saturated rings. The lowest BCUT2D eigenvalue weighted by molar-refractivity contribution is 0.431. The Morgan fingerprint density at radius 3 is 2.87 bits per heavy atom. The van der Waals surface area contributed by atoms with Crippen molar-refractivity contribution in [2.24, 2.45) is 0 Å². The standard InChI is InChI=1S/C13H20N2/c1-2-14-12-7-6-10-15(11-12)13-8-4-3-5-9-13/h3-5,8-9,12,14H,2,6-7,10-11H2,1H3. The Balaban J connectivity index is 1.98. The third-order valence-corrected chi connectivity index (χ3v) is 3.04. The number of piperidine rings is 1. The molecular weight excluding hydrogens is 184 g/mol. The molecule has 1 saturated heterocycles. The molecule has 1 aliphatic heterocycles. The number of nitrogens with zero attached hydrogens (tertiary/aromatic N) is 1. The maximum absolute atomic E-state index is 3.54. The number of hydrogen-bond donors (Lipinski definition) is 1. The van der Waals surface area contributed by atoms with E-state index >= 15 is 0 Å². The smallest absolute Gasteiger partial charge is 0.0366 e. The van der Waals surface area contributed by atoms with Crippen LogP contribution in [0, 0.1) is 0 Å². The second-order valence-electron chi connectivity index (χ2n) is 4.18. The molecule has 0 saturated carbocycles. The summed E-state index contributed by atoms with van der Waals surface area (Å²) < 4.78 is 0. The van der Waals surface area contributed by atoms with E-state index in [1.54, 1.807) is 0 Å². The van der Waals surface area contributed by atoms with E-state index in [9.17, 15) is 0 Å². The van der Waals surface area contributed by atoms with Crippen LogP contribution in [-0.4, -0.2) is 25.7 Å². The van der Waals surface area contributed by atoms with Crippen molar-refractivity contribution in [3.8, 4) is 0 Å². The van der Waals surface area contributed by atoms with E-state index in [-0.39, 0.29) is 0 Å². The summed E-state index contributed by atoms with van der Waals surface area (Å²) in [6.45, 7) is 5.61. The molecule has 2 rings (SSSR count). The molecule has 0 aromatic heterocycles. The Morgan fingerprint density at radius 1 is 1.33 bits per heavy atom. The highest BCUT2D eigenvalue weighted by atomic mass is 15.2. The Kier molecular flexibility index (Phi) is 3.62. The highest BCUT2D eigenvalue weighted by Crippen LogP contribution is 2.19. The molecule has 2 heteroatoms. The predicted molar refractivity (Wildman–Crippen MR) is 65.4 cm³/mol. The van der Waals surface area contributed by atoms with E-state index in [1.807, 2.05) is 0 Å². The summed E-state index contributed by atoms with van der Waals surface area (Å²) in [6.07, 6.45) is 2.61. The summed E-state index contributed by atoms with van der Waals surface area (Å²) in [5.41, 5.74) is 1.36. The van der Waals surface area contributed by atoms with Gasteiger partial charge in [0.25, 0.3) is 0 Å². The first-order chi connectivity index (χ1) is 7.40. The molecule has 0 radical (unpaired) electrons. The summed E-state index contributed by atoms with van der Waals surface area (Å²) in [4.78, 5) is 2.48. The molecule has 0 bridgehead atoms. The number of rotatable bonds is 3. The number of para-hydroxylation sites is 1. The van der Waals surface area contributed by atoms with Gasteiger partial charge in [-0.2, -0.15) is 0 Å². The number of likely N-dealkylation sites (N-methyl/N-ethyl adjacent to an activating group) is 1. The molecular formula is C13H20N2. The van der Waals surface area contributed by atoms with Gasteiger partial charge in [0.1, 0.15) is 0 Å². The monoisotopic (exact) mass is 204 g/mol. The van der Waals surface area contributed by atoms with Crippen molar-refractivity contribution in [1.29, 1.82) is 0 Å². The molecule has 1 heterocycles. The minimum absolute atomic E-state index is 0.670. The van der Waals surface area contributed by atoms with E-state index in [4.69, 9.17) is 0 Å². The summed E-state index contributed by atoms with van der Waals surface area (Å²) in [5, 5.41) is 3.54. The topological polar surface area (TPSA) is 15.3 Å². The number of hydrogen-bond acceptors (Lipinski definition) is 2. The van der Waals surface area contributed by atoms with Crippen molar-refractivity contribution in [2.75, 3.05) is 24.5 Å². The molecule has 0 amide bonds. The summed E-state index contributed by atoms with van der Waals surface area (Å²) in [5.74, 6) is 0. The Hall–Kier alpha value is -1.02. The molecule has 15 heavy (non-hydrogen) atoms. The average molecular weight is 204 g/mol. The van der Waals surface area contributed by atoms with E-state index < -0.39 is 0 Å². The molecule has 2 nitrogen and oxygen atoms in total. The fourth-order valence-corrected chi connectivity index (χ4v) is 2.31. The Morgan fingerprint density at radius 2 is 2.13 bits per heavy atom. The molecule has 1 aliphatic rings. The van der Waals surface area contributed by atoms with Crippen LogP contribution in [0.5, 0.6) is 0 Å². The third kappa shape index (κ3) is 2.72. The molecule has 1 aromatic rings. The maximum atomic E-state index is 3.54. The lowest BCUT2D eigenvalue weighted by Crippen LogP contribution is -2.45. The summed E-state index contributed by atoms with van der Waals surface area (Å²) in [7, 11) is 0. The highest BCUT2D eigenvalue weighted by molar-refractivity contribution is 5.46. The first-order valence-corrected chi connectivity index (χ1v) is 5.93. The minimum Gasteiger partial charge on any atom is -0.370 e. The zero-order valence-electron chi connectivity index (χ0n) is 9.45. The van der Waals surface area contributed by atoms with Gasteiger partial charge in [-0.25, -0.2) is 0 Å². The molecule has 1 atom stereocenters. The van der Waals surface area contributed by atoms with E-state index in [0.717, 1.165) is 13.1 Å². The van der Waals surface area contributed by atoms with Gasteiger partial charge in [0, 0.05) is 24.8 Å². The SMILES string of the molecule is CCNC1CCCN(c2ccccc2)C1. The molecule has 1 N–H and O–H groups in total. The maximum Gasteiger partial charge on any atom is 0.0366 e. The normalized spacial score (nSPS) is 21.7. The van der Waals surface area contributed by atoms with E-state index in [1.165, 1.54) is 25.1 Å². The number of nitrogens with one attached hydrogen (secondary N) is 1. The first-order valence-electron chi connectivity index (χ1n) is 5.93. The van der Waals surface area contributed by atoms with Crippen molar-refractivity contribution in [2.45, 2.75) is 25.8 Å². The van der Waals surface area contributed by atoms with E-state index in [0.29, 0.717) is 6.04 Å². The lowest BCUT2D eigenvalue weighted by atomic mass is 10.0. The van der Waals surface area contributed by atoms with Crippen molar-refractivity contribution < 1.29 is 0 Å². The second-order valence-corrected chi connectivity index (χ2v) is 4.18. The molecule has 82 valence electrons. The molecule has 0 aliphatic carbocycles. The molecule has 1 unspecified atom stereocenters. The zero-order chi connectivity index (χ0) is 10.5. The van der Waals surface area contributed by atoms with Gasteiger partial charge in [-0.05, 0) is 31.5 Å². The first kappa shape index (κ1) is 10.5. The van der Waals surface area contributed by atoms with Gasteiger partial charge in [0.2, 0.25) is 0 Å². The molecule has 1 aromatic carbocycles. The molecule has 0 spiro atoms. The van der Waals surface area contributed by atoms with Gasteiger partial charge in [-0.1, -0.05) is 25.1 Å². The van der Waals surface area contributed by atoms with Crippen LogP contribution < -0.4 is 10.2 Å². The van der Waals surface area contributed by atoms with Crippen LogP contribution in [-0.2, 0) is 0 Å². The van der Waals surface area contributed by atoms with Crippen LogP contribution in [0.15, 0.2) is 30.3 Å². The van der Waals surface area contributed by atoms with Gasteiger partial charge in [0.05, 0.1) is 0 Å². The van der Waals surface area contributed by atoms with Crippen molar-refractivity contribution in [3.63, 3.8) is 0 Å². The van der Waals surface area contributed by atoms with Gasteiger partial charge in [-0.15, -0.1) is 0 Å². The van der Waals surface area contributed by atoms with Crippen LogP contribution in [0.4, 0.5) is 5.69 Å². The van der Waals surface area contributed by atoms with Crippen LogP contribution in [0.1, 0.15) is 19.8 Å². The fraction of sp³-hybridized carbons (Fsp3) is 0.538. The van der Waals surface area contributed by atoms with E-state index in [2.05, 4.69) is 47.5 Å². The fourth-order valence-electron chi connectivity index (χ4n) is 2.31. The van der Waals surface area contributed by atoms with Crippen LogP contribution in [0.25, 0.3) is 0 Å². The van der Waals surface area contributed by atoms with Gasteiger partial charge >= 0.3 is 0 Å². The highest BCUT2D eigenvalue weighted by Gasteiger charge is 2.18. The summed E-state index contributed by atoms with van der Waals surface area (Å²) >= 11 is 0. The Labute approximate surface area is 92.3 Å². The Bertz CT molecular complexity index is 282. The second kappa shape index (κ2) is 5.17. The van der Waals surface area contributed by atoms with Crippen LogP contribution in [0.2, 0.25) is 0 Å². The predicted octanol–water partition coefficient (Wildman–Crippen LogP) is 2.26. The van der Waals surface area contributed by atoms with Gasteiger partial charge in [0.15, 0.2) is 0 Å². The zero-order valence-corrected chi connectivity index (χ0v) is 9.45. The van der Waals surface area contributed by atoms with Gasteiger partial charge < -0.3 is 10.2 Å². The summed E-state index contributed by atoms with van der Waals surface area (Å²) in [6, 6.07) is 11.4. The van der Waals surface area contributed by atoms with Crippen molar-refractivity contribution in [1.82, 2.24) is 5.32 Å². The third-order valence-electron chi connectivity index (χ3n) is 3.04. The van der Waals surface area contributed by atoms with Crippen LogP contribution in [0.3, 0.4) is 0 Å². The van der Waals surface area contributed by atoms with Crippen LogP contribution >= 0.6 is 0 Å². The van der Waals surface area contributed by atoms with Crippen molar-refractivity contribution >= 4 is 5.69 Å². The number of benzene rings is 1. The average Bonchev–Trinajstić information content (AvgIpc) is 2.31. The largest absolute Gasteiger partial charge is 0.370 e. The quantitative estimate of drug-likeness (QED) is 0.812. The lowest BCUT2D eigenvalue weighted by Gasteiger charge is -2.34. The number of anilines is 1. The minimum atomic E-state index is 0.670. The van der Waals surface area contributed by atoms with Gasteiger partial charge in [-0.3, -0.25) is 0 Å².